The van der Waals surface area contributed by atoms with Crippen LogP contribution in [0.15, 0.2) is 34.8 Å². The summed E-state index contributed by atoms with van der Waals surface area (Å²) < 4.78 is 13.8. The van der Waals surface area contributed by atoms with Gasteiger partial charge >= 0.3 is 0 Å². The van der Waals surface area contributed by atoms with Gasteiger partial charge < -0.3 is 5.32 Å². The van der Waals surface area contributed by atoms with Gasteiger partial charge in [-0.1, -0.05) is 6.07 Å². The van der Waals surface area contributed by atoms with Crippen molar-refractivity contribution in [3.05, 3.63) is 67.4 Å². The molecule has 0 saturated heterocycles. The molecule has 6 heteroatoms. The zero-order chi connectivity index (χ0) is 15.6. The van der Waals surface area contributed by atoms with Crippen LogP contribution in [0.25, 0.3) is 0 Å². The molecule has 0 spiro atoms. The molecule has 4 nitrogen and oxygen atoms in total. The molecule has 0 aliphatic carbocycles. The molecule has 0 aromatic heterocycles. The molecule has 0 unspecified atom stereocenters. The zero-order valence-corrected chi connectivity index (χ0v) is 13.2. The van der Waals surface area contributed by atoms with Crippen molar-refractivity contribution >= 4 is 27.3 Å². The van der Waals surface area contributed by atoms with Gasteiger partial charge in [0.25, 0.3) is 5.69 Å². The lowest BCUT2D eigenvalue weighted by molar-refractivity contribution is -0.385. The van der Waals surface area contributed by atoms with E-state index in [1.165, 1.54) is 18.2 Å². The van der Waals surface area contributed by atoms with Gasteiger partial charge in [0.05, 0.1) is 10.6 Å². The second-order valence-corrected chi connectivity index (χ2v) is 5.65. The van der Waals surface area contributed by atoms with Crippen molar-refractivity contribution in [2.75, 3.05) is 5.32 Å². The van der Waals surface area contributed by atoms with Crippen LogP contribution >= 0.6 is 15.9 Å². The molecule has 0 aliphatic heterocycles. The lowest BCUT2D eigenvalue weighted by Gasteiger charge is -2.11. The molecule has 21 heavy (non-hydrogen) atoms. The lowest BCUT2D eigenvalue weighted by atomic mass is 10.1. The maximum atomic E-state index is 13.1. The summed E-state index contributed by atoms with van der Waals surface area (Å²) in [6.45, 7) is 3.98. The topological polar surface area (TPSA) is 55.2 Å². The highest BCUT2D eigenvalue weighted by Gasteiger charge is 2.14. The minimum atomic E-state index is -0.407. The average molecular weight is 353 g/mol. The van der Waals surface area contributed by atoms with Gasteiger partial charge in [0.15, 0.2) is 0 Å². The predicted octanol–water partition coefficient (Wildman–Crippen LogP) is 4.73. The molecule has 0 heterocycles. The Balaban J connectivity index is 2.23. The first-order valence-corrected chi connectivity index (χ1v) is 7.11. The average Bonchev–Trinajstić information content (AvgIpc) is 2.39. The number of rotatable bonds is 4. The molecule has 0 fully saturated rings. The van der Waals surface area contributed by atoms with Gasteiger partial charge in [0.1, 0.15) is 5.82 Å². The second kappa shape index (κ2) is 6.22. The largest absolute Gasteiger partial charge is 0.380 e. The van der Waals surface area contributed by atoms with Gasteiger partial charge in [-0.05, 0) is 59.1 Å². The van der Waals surface area contributed by atoms with Crippen LogP contribution in [0.4, 0.5) is 15.8 Å². The van der Waals surface area contributed by atoms with E-state index in [2.05, 4.69) is 21.2 Å². The molecule has 0 aliphatic rings. The summed E-state index contributed by atoms with van der Waals surface area (Å²) in [5.41, 5.74) is 3.06. The van der Waals surface area contributed by atoms with Crippen molar-refractivity contribution in [2.24, 2.45) is 0 Å². The highest BCUT2D eigenvalue weighted by molar-refractivity contribution is 9.10. The summed E-state index contributed by atoms with van der Waals surface area (Å²) in [7, 11) is 0. The molecule has 110 valence electrons. The normalized spacial score (nSPS) is 10.5. The molecule has 0 radical (unpaired) electrons. The first kappa shape index (κ1) is 15.4. The number of benzene rings is 2. The smallest absolute Gasteiger partial charge is 0.274 e. The fourth-order valence-corrected chi connectivity index (χ4v) is 2.64. The Morgan fingerprint density at radius 2 is 1.95 bits per heavy atom. The van der Waals surface area contributed by atoms with E-state index in [1.54, 1.807) is 19.1 Å². The first-order valence-electron chi connectivity index (χ1n) is 6.32. The maximum absolute atomic E-state index is 13.1. The SMILES string of the molecule is Cc1cc(F)ccc1CNc1cc([N+](=O)[O-])c(C)cc1Br. The van der Waals surface area contributed by atoms with Crippen LogP contribution in [0.3, 0.4) is 0 Å². The monoisotopic (exact) mass is 352 g/mol. The Bertz CT molecular complexity index is 704. The Morgan fingerprint density at radius 3 is 2.57 bits per heavy atom. The quantitative estimate of drug-likeness (QED) is 0.639. The minimum Gasteiger partial charge on any atom is -0.380 e. The number of nitro benzene ring substituents is 1. The van der Waals surface area contributed by atoms with Crippen molar-refractivity contribution in [1.82, 2.24) is 0 Å². The fourth-order valence-electron chi connectivity index (χ4n) is 2.04. The number of nitrogens with zero attached hydrogens (tertiary/aromatic N) is 1. The summed E-state index contributed by atoms with van der Waals surface area (Å²) in [6, 6.07) is 7.77. The highest BCUT2D eigenvalue weighted by Crippen LogP contribution is 2.31. The number of aryl methyl sites for hydroxylation is 2. The van der Waals surface area contributed by atoms with Gasteiger partial charge in [0, 0.05) is 22.6 Å². The molecule has 1 N–H and O–H groups in total. The summed E-state index contributed by atoms with van der Waals surface area (Å²) >= 11 is 3.39. The van der Waals surface area contributed by atoms with Crippen molar-refractivity contribution in [2.45, 2.75) is 20.4 Å². The van der Waals surface area contributed by atoms with E-state index in [-0.39, 0.29) is 11.5 Å². The lowest BCUT2D eigenvalue weighted by Crippen LogP contribution is -2.03. The number of halogens is 2. The summed E-state index contributed by atoms with van der Waals surface area (Å²) in [4.78, 5) is 10.6. The molecular weight excluding hydrogens is 339 g/mol. The third-order valence-electron chi connectivity index (χ3n) is 3.26. The molecular formula is C15H14BrFN2O2. The van der Waals surface area contributed by atoms with Crippen LogP contribution in [-0.4, -0.2) is 4.92 Å². The summed E-state index contributed by atoms with van der Waals surface area (Å²) in [5, 5.41) is 14.1. The summed E-state index contributed by atoms with van der Waals surface area (Å²) in [6.07, 6.45) is 0. The molecule has 0 saturated carbocycles. The van der Waals surface area contributed by atoms with Crippen LogP contribution in [0.1, 0.15) is 16.7 Å². The van der Waals surface area contributed by atoms with E-state index in [1.807, 2.05) is 6.92 Å². The van der Waals surface area contributed by atoms with Crippen molar-refractivity contribution < 1.29 is 9.31 Å². The third kappa shape index (κ3) is 3.58. The maximum Gasteiger partial charge on any atom is 0.274 e. The van der Waals surface area contributed by atoms with E-state index in [4.69, 9.17) is 0 Å². The minimum absolute atomic E-state index is 0.0662. The van der Waals surface area contributed by atoms with Crippen molar-refractivity contribution in [3.63, 3.8) is 0 Å². The van der Waals surface area contributed by atoms with Gasteiger partial charge in [-0.2, -0.15) is 0 Å². The van der Waals surface area contributed by atoms with Gasteiger partial charge in [-0.25, -0.2) is 4.39 Å². The van der Waals surface area contributed by atoms with E-state index >= 15 is 0 Å². The number of hydrogen-bond donors (Lipinski definition) is 1. The van der Waals surface area contributed by atoms with Crippen LogP contribution < -0.4 is 5.32 Å². The van der Waals surface area contributed by atoms with E-state index < -0.39 is 4.92 Å². The number of anilines is 1. The van der Waals surface area contributed by atoms with Crippen LogP contribution in [0.5, 0.6) is 0 Å². The Hall–Kier alpha value is -1.95. The predicted molar refractivity (Wildman–Crippen MR) is 84.0 cm³/mol. The van der Waals surface area contributed by atoms with Crippen LogP contribution in [-0.2, 0) is 6.54 Å². The molecule has 0 amide bonds. The van der Waals surface area contributed by atoms with Gasteiger partial charge in [0.2, 0.25) is 0 Å². The number of hydrogen-bond acceptors (Lipinski definition) is 3. The Labute approximate surface area is 130 Å². The molecule has 0 atom stereocenters. The Kier molecular flexibility index (Phi) is 4.57. The van der Waals surface area contributed by atoms with E-state index in [0.717, 1.165) is 15.6 Å². The zero-order valence-electron chi connectivity index (χ0n) is 11.6. The third-order valence-corrected chi connectivity index (χ3v) is 3.91. The van der Waals surface area contributed by atoms with Gasteiger partial charge in [-0.3, -0.25) is 10.1 Å². The molecule has 0 bridgehead atoms. The van der Waals surface area contributed by atoms with E-state index in [0.29, 0.717) is 17.8 Å². The standard InChI is InChI=1S/C15H14BrFN2O2/c1-9-5-12(17)4-3-11(9)8-18-14-7-15(19(20)21)10(2)6-13(14)16/h3-7,18H,8H2,1-2H3. The number of nitrogens with one attached hydrogen (secondary N) is 1. The Morgan fingerprint density at radius 1 is 1.24 bits per heavy atom. The number of nitro groups is 1. The first-order chi connectivity index (χ1) is 9.88. The molecule has 2 aromatic rings. The molecule has 2 aromatic carbocycles. The summed E-state index contributed by atoms with van der Waals surface area (Å²) in [5.74, 6) is -0.275. The second-order valence-electron chi connectivity index (χ2n) is 4.80. The van der Waals surface area contributed by atoms with Crippen LogP contribution in [0.2, 0.25) is 0 Å². The fraction of sp³-hybridized carbons (Fsp3) is 0.200. The highest BCUT2D eigenvalue weighted by atomic mass is 79.9. The van der Waals surface area contributed by atoms with E-state index in [9.17, 15) is 14.5 Å². The molecule has 2 rings (SSSR count). The van der Waals surface area contributed by atoms with Crippen molar-refractivity contribution in [1.29, 1.82) is 0 Å². The van der Waals surface area contributed by atoms with Crippen LogP contribution in [0, 0.1) is 29.8 Å². The van der Waals surface area contributed by atoms with Crippen molar-refractivity contribution in [3.8, 4) is 0 Å². The van der Waals surface area contributed by atoms with Gasteiger partial charge in [-0.15, -0.1) is 0 Å².